The maximum atomic E-state index is 5.92. The summed E-state index contributed by atoms with van der Waals surface area (Å²) in [6, 6.07) is 0. The van der Waals surface area contributed by atoms with E-state index in [1.807, 2.05) is 0 Å². The molecule has 1 heterocycles. The highest BCUT2D eigenvalue weighted by Gasteiger charge is 2.14. The number of rotatable bonds is 4. The van der Waals surface area contributed by atoms with Crippen LogP contribution in [-0.2, 0) is 4.74 Å². The minimum absolute atomic E-state index is 0.571. The van der Waals surface area contributed by atoms with Crippen LogP contribution in [0.15, 0.2) is 0 Å². The molecule has 1 saturated heterocycles. The summed E-state index contributed by atoms with van der Waals surface area (Å²) in [7, 11) is 0. The first-order valence-corrected chi connectivity index (χ1v) is 6.50. The third-order valence-corrected chi connectivity index (χ3v) is 3.52. The first-order valence-electron chi connectivity index (χ1n) is 6.50. The van der Waals surface area contributed by atoms with Gasteiger partial charge >= 0.3 is 0 Å². The molecule has 0 aromatic rings. The van der Waals surface area contributed by atoms with Gasteiger partial charge in [0.2, 0.25) is 0 Å². The molecule has 2 fully saturated rings. The predicted octanol–water partition coefficient (Wildman–Crippen LogP) is 1.24. The van der Waals surface area contributed by atoms with Crippen molar-refractivity contribution in [1.29, 1.82) is 0 Å². The molecule has 15 heavy (non-hydrogen) atoms. The lowest BCUT2D eigenvalue weighted by Crippen LogP contribution is -2.44. The summed E-state index contributed by atoms with van der Waals surface area (Å²) in [5.74, 6) is 0. The van der Waals surface area contributed by atoms with Gasteiger partial charge in [0.1, 0.15) is 0 Å². The van der Waals surface area contributed by atoms with Crippen LogP contribution in [0.4, 0.5) is 0 Å². The highest BCUT2D eigenvalue weighted by atomic mass is 16.5. The lowest BCUT2D eigenvalue weighted by atomic mass is 9.98. The van der Waals surface area contributed by atoms with Crippen molar-refractivity contribution in [2.45, 2.75) is 38.2 Å². The van der Waals surface area contributed by atoms with Gasteiger partial charge in [0.15, 0.2) is 0 Å². The summed E-state index contributed by atoms with van der Waals surface area (Å²) >= 11 is 0. The second kappa shape index (κ2) is 6.46. The zero-order valence-electron chi connectivity index (χ0n) is 9.71. The van der Waals surface area contributed by atoms with Gasteiger partial charge in [-0.15, -0.1) is 0 Å². The Labute approximate surface area is 93.2 Å². The molecule has 1 aliphatic carbocycles. The first-order chi connectivity index (χ1) is 7.45. The van der Waals surface area contributed by atoms with Gasteiger partial charge in [-0.25, -0.2) is 0 Å². The molecule has 3 heteroatoms. The molecular formula is C12H24N2O. The number of piperazine rings is 1. The van der Waals surface area contributed by atoms with E-state index in [2.05, 4.69) is 10.2 Å². The standard InChI is InChI=1S/C12H24N2O/c1-2-4-12(5-3-1)15-11-10-14-8-6-13-7-9-14/h12-13H,1-11H2. The van der Waals surface area contributed by atoms with Gasteiger partial charge in [-0.3, -0.25) is 4.90 Å². The van der Waals surface area contributed by atoms with Crippen molar-refractivity contribution >= 4 is 0 Å². The lowest BCUT2D eigenvalue weighted by Gasteiger charge is -2.28. The van der Waals surface area contributed by atoms with Crippen molar-refractivity contribution < 1.29 is 4.74 Å². The molecule has 0 aromatic heterocycles. The van der Waals surface area contributed by atoms with E-state index in [1.54, 1.807) is 0 Å². The van der Waals surface area contributed by atoms with Gasteiger partial charge in [-0.2, -0.15) is 0 Å². The van der Waals surface area contributed by atoms with E-state index in [-0.39, 0.29) is 0 Å². The van der Waals surface area contributed by atoms with Gasteiger partial charge in [0.05, 0.1) is 12.7 Å². The zero-order chi connectivity index (χ0) is 10.3. The third-order valence-electron chi connectivity index (χ3n) is 3.52. The Morgan fingerprint density at radius 1 is 1.07 bits per heavy atom. The van der Waals surface area contributed by atoms with Crippen LogP contribution in [0.1, 0.15) is 32.1 Å². The Morgan fingerprint density at radius 3 is 2.53 bits per heavy atom. The molecule has 0 atom stereocenters. The predicted molar refractivity (Wildman–Crippen MR) is 62.1 cm³/mol. The van der Waals surface area contributed by atoms with E-state index in [9.17, 15) is 0 Å². The highest BCUT2D eigenvalue weighted by molar-refractivity contribution is 4.68. The smallest absolute Gasteiger partial charge is 0.0597 e. The molecule has 0 aromatic carbocycles. The third kappa shape index (κ3) is 4.09. The summed E-state index contributed by atoms with van der Waals surface area (Å²) in [6.45, 7) is 6.72. The van der Waals surface area contributed by atoms with Gasteiger partial charge in [0, 0.05) is 32.7 Å². The average molecular weight is 212 g/mol. The van der Waals surface area contributed by atoms with Crippen LogP contribution in [0.3, 0.4) is 0 Å². The quantitative estimate of drug-likeness (QED) is 0.759. The number of nitrogens with zero attached hydrogens (tertiary/aromatic N) is 1. The Morgan fingerprint density at radius 2 is 1.80 bits per heavy atom. The molecule has 1 N–H and O–H groups in total. The SMILES string of the molecule is C1CCC(OCCN2CCNCC2)CC1. The molecule has 0 bridgehead atoms. The van der Waals surface area contributed by atoms with E-state index < -0.39 is 0 Å². The van der Waals surface area contributed by atoms with Gasteiger partial charge in [-0.1, -0.05) is 19.3 Å². The number of nitrogens with one attached hydrogen (secondary N) is 1. The maximum absolute atomic E-state index is 5.92. The van der Waals surface area contributed by atoms with E-state index in [1.165, 1.54) is 45.2 Å². The monoisotopic (exact) mass is 212 g/mol. The molecule has 0 amide bonds. The van der Waals surface area contributed by atoms with Crippen molar-refractivity contribution in [3.8, 4) is 0 Å². The molecule has 0 spiro atoms. The van der Waals surface area contributed by atoms with Crippen molar-refractivity contribution in [3.63, 3.8) is 0 Å². The van der Waals surface area contributed by atoms with Crippen LogP contribution in [0, 0.1) is 0 Å². The summed E-state index contributed by atoms with van der Waals surface area (Å²) in [6.07, 6.45) is 7.32. The van der Waals surface area contributed by atoms with Crippen molar-refractivity contribution in [1.82, 2.24) is 10.2 Å². The summed E-state index contributed by atoms with van der Waals surface area (Å²) in [5, 5.41) is 3.37. The fourth-order valence-electron chi connectivity index (χ4n) is 2.52. The minimum Gasteiger partial charge on any atom is -0.377 e. The normalized spacial score (nSPS) is 25.6. The minimum atomic E-state index is 0.571. The summed E-state index contributed by atoms with van der Waals surface area (Å²) in [4.78, 5) is 2.50. The molecule has 3 nitrogen and oxygen atoms in total. The second-order valence-corrected chi connectivity index (χ2v) is 4.72. The van der Waals surface area contributed by atoms with Crippen molar-refractivity contribution in [2.24, 2.45) is 0 Å². The van der Waals surface area contributed by atoms with Crippen molar-refractivity contribution in [3.05, 3.63) is 0 Å². The van der Waals surface area contributed by atoms with E-state index in [0.29, 0.717) is 6.10 Å². The number of ether oxygens (including phenoxy) is 1. The largest absolute Gasteiger partial charge is 0.377 e. The molecule has 2 aliphatic rings. The van der Waals surface area contributed by atoms with Crippen LogP contribution < -0.4 is 5.32 Å². The Kier molecular flexibility index (Phi) is 4.90. The fraction of sp³-hybridized carbons (Fsp3) is 1.00. The molecule has 88 valence electrons. The molecule has 1 saturated carbocycles. The van der Waals surface area contributed by atoms with E-state index >= 15 is 0 Å². The Bertz CT molecular complexity index is 145. The number of hydrogen-bond donors (Lipinski definition) is 1. The summed E-state index contributed by atoms with van der Waals surface area (Å²) in [5.41, 5.74) is 0. The lowest BCUT2D eigenvalue weighted by molar-refractivity contribution is 0.0149. The average Bonchev–Trinajstić information content (AvgIpc) is 2.32. The van der Waals surface area contributed by atoms with Crippen LogP contribution in [0.2, 0.25) is 0 Å². The van der Waals surface area contributed by atoms with Crippen LogP contribution in [0.25, 0.3) is 0 Å². The van der Waals surface area contributed by atoms with E-state index in [0.717, 1.165) is 26.2 Å². The summed E-state index contributed by atoms with van der Waals surface area (Å²) < 4.78 is 5.92. The molecular weight excluding hydrogens is 188 g/mol. The van der Waals surface area contributed by atoms with Crippen LogP contribution in [0.5, 0.6) is 0 Å². The van der Waals surface area contributed by atoms with Crippen LogP contribution in [-0.4, -0.2) is 50.3 Å². The molecule has 2 rings (SSSR count). The zero-order valence-corrected chi connectivity index (χ0v) is 9.71. The van der Waals surface area contributed by atoms with Gasteiger partial charge < -0.3 is 10.1 Å². The number of hydrogen-bond acceptors (Lipinski definition) is 3. The second-order valence-electron chi connectivity index (χ2n) is 4.72. The van der Waals surface area contributed by atoms with Crippen molar-refractivity contribution in [2.75, 3.05) is 39.3 Å². The molecule has 1 aliphatic heterocycles. The molecule has 0 radical (unpaired) electrons. The van der Waals surface area contributed by atoms with Gasteiger partial charge in [-0.05, 0) is 12.8 Å². The fourth-order valence-corrected chi connectivity index (χ4v) is 2.52. The molecule has 0 unspecified atom stereocenters. The topological polar surface area (TPSA) is 24.5 Å². The maximum Gasteiger partial charge on any atom is 0.0597 e. The van der Waals surface area contributed by atoms with Gasteiger partial charge in [0.25, 0.3) is 0 Å². The Balaban J connectivity index is 1.53. The Hall–Kier alpha value is -0.120. The highest BCUT2D eigenvalue weighted by Crippen LogP contribution is 2.19. The van der Waals surface area contributed by atoms with E-state index in [4.69, 9.17) is 4.74 Å². The van der Waals surface area contributed by atoms with Crippen LogP contribution >= 0.6 is 0 Å². The first kappa shape index (κ1) is 11.4.